The molecule has 110 valence electrons. The molecule has 2 atom stereocenters. The highest BCUT2D eigenvalue weighted by Crippen LogP contribution is 2.20. The van der Waals surface area contributed by atoms with Gasteiger partial charge >= 0.3 is 0 Å². The molecule has 0 radical (unpaired) electrons. The Hall–Kier alpha value is -1.20. The van der Waals surface area contributed by atoms with Crippen molar-refractivity contribution < 1.29 is 4.39 Å². The summed E-state index contributed by atoms with van der Waals surface area (Å²) in [6, 6.07) is 5.94. The molecular weight excluding hydrogens is 273 g/mol. The Labute approximate surface area is 125 Å². The predicted molar refractivity (Wildman–Crippen MR) is 85.1 cm³/mol. The Morgan fingerprint density at radius 1 is 1.30 bits per heavy atom. The van der Waals surface area contributed by atoms with E-state index in [-0.39, 0.29) is 5.82 Å². The fraction of sp³-hybridized carbons (Fsp3) is 0.533. The fourth-order valence-electron chi connectivity index (χ4n) is 2.59. The standard InChI is InChI=1S/C15H22FN3S/c1-10-7-8-13(9-14(10)16)17-15(20)18-19-11(2)5-4-6-12(19)3/h7-9,11-12H,4-6H2,1-3H3,(H2,17,18,20). The van der Waals surface area contributed by atoms with Crippen LogP contribution >= 0.6 is 12.2 Å². The molecular formula is C15H22FN3S. The highest BCUT2D eigenvalue weighted by molar-refractivity contribution is 7.80. The molecule has 2 unspecified atom stereocenters. The maximum Gasteiger partial charge on any atom is 0.185 e. The number of halogens is 1. The first-order chi connectivity index (χ1) is 9.47. The number of anilines is 1. The third kappa shape index (κ3) is 3.67. The van der Waals surface area contributed by atoms with Gasteiger partial charge < -0.3 is 5.32 Å². The molecule has 1 aliphatic rings. The highest BCUT2D eigenvalue weighted by atomic mass is 32.1. The van der Waals surface area contributed by atoms with Crippen molar-refractivity contribution in [1.82, 2.24) is 10.4 Å². The number of thiocarbonyl (C=S) groups is 1. The van der Waals surface area contributed by atoms with Gasteiger partial charge in [-0.15, -0.1) is 0 Å². The monoisotopic (exact) mass is 295 g/mol. The Bertz CT molecular complexity index is 482. The molecule has 0 saturated carbocycles. The van der Waals surface area contributed by atoms with E-state index in [0.29, 0.717) is 28.4 Å². The summed E-state index contributed by atoms with van der Waals surface area (Å²) in [6.45, 7) is 6.13. The first kappa shape index (κ1) is 15.2. The summed E-state index contributed by atoms with van der Waals surface area (Å²) in [7, 11) is 0. The van der Waals surface area contributed by atoms with Crippen LogP contribution in [-0.4, -0.2) is 22.2 Å². The first-order valence-corrected chi connectivity index (χ1v) is 7.50. The van der Waals surface area contributed by atoms with E-state index in [1.54, 1.807) is 13.0 Å². The molecule has 3 nitrogen and oxygen atoms in total. The number of rotatable bonds is 2. The summed E-state index contributed by atoms with van der Waals surface area (Å²) in [4.78, 5) is 0. The number of benzene rings is 1. The van der Waals surface area contributed by atoms with Gasteiger partial charge in [0, 0.05) is 17.8 Å². The second kappa shape index (κ2) is 6.50. The molecule has 0 aliphatic carbocycles. The van der Waals surface area contributed by atoms with Crippen LogP contribution < -0.4 is 10.7 Å². The van der Waals surface area contributed by atoms with Crippen molar-refractivity contribution in [2.75, 3.05) is 5.32 Å². The van der Waals surface area contributed by atoms with E-state index < -0.39 is 0 Å². The van der Waals surface area contributed by atoms with Gasteiger partial charge in [0.05, 0.1) is 0 Å². The molecule has 1 saturated heterocycles. The molecule has 0 spiro atoms. The minimum atomic E-state index is -0.225. The van der Waals surface area contributed by atoms with Gasteiger partial charge in [0.1, 0.15) is 5.82 Å². The van der Waals surface area contributed by atoms with Gasteiger partial charge in [0.15, 0.2) is 5.11 Å². The number of piperidine rings is 1. The van der Waals surface area contributed by atoms with Crippen LogP contribution in [-0.2, 0) is 0 Å². The Kier molecular flexibility index (Phi) is 4.94. The van der Waals surface area contributed by atoms with Crippen LogP contribution in [0.15, 0.2) is 18.2 Å². The molecule has 1 aromatic rings. The highest BCUT2D eigenvalue weighted by Gasteiger charge is 2.25. The lowest BCUT2D eigenvalue weighted by molar-refractivity contribution is 0.0750. The minimum absolute atomic E-state index is 0.225. The van der Waals surface area contributed by atoms with Crippen LogP contribution in [0.4, 0.5) is 10.1 Å². The van der Waals surface area contributed by atoms with Crippen LogP contribution in [0.3, 0.4) is 0 Å². The third-order valence-electron chi connectivity index (χ3n) is 3.85. The summed E-state index contributed by atoms with van der Waals surface area (Å²) in [6.07, 6.45) is 3.59. The molecule has 2 rings (SSSR count). The molecule has 1 fully saturated rings. The number of hydrazine groups is 1. The van der Waals surface area contributed by atoms with Crippen LogP contribution in [0.2, 0.25) is 0 Å². The van der Waals surface area contributed by atoms with Gasteiger partial charge in [-0.1, -0.05) is 12.5 Å². The molecule has 5 heteroatoms. The maximum absolute atomic E-state index is 13.5. The molecule has 2 N–H and O–H groups in total. The van der Waals surface area contributed by atoms with Crippen molar-refractivity contribution in [3.8, 4) is 0 Å². The molecule has 20 heavy (non-hydrogen) atoms. The van der Waals surface area contributed by atoms with Gasteiger partial charge in [-0.25, -0.2) is 9.40 Å². The summed E-state index contributed by atoms with van der Waals surface area (Å²) in [5.41, 5.74) is 4.53. The van der Waals surface area contributed by atoms with Gasteiger partial charge in [-0.3, -0.25) is 5.43 Å². The number of nitrogens with zero attached hydrogens (tertiary/aromatic N) is 1. The smallest absolute Gasteiger partial charge is 0.185 e. The van der Waals surface area contributed by atoms with Crippen LogP contribution in [0.5, 0.6) is 0 Å². The van der Waals surface area contributed by atoms with E-state index in [1.807, 2.05) is 6.07 Å². The Morgan fingerprint density at radius 3 is 2.55 bits per heavy atom. The summed E-state index contributed by atoms with van der Waals surface area (Å²) < 4.78 is 13.5. The molecule has 1 aromatic carbocycles. The number of hydrogen-bond donors (Lipinski definition) is 2. The van der Waals surface area contributed by atoms with Crippen molar-refractivity contribution in [3.05, 3.63) is 29.6 Å². The van der Waals surface area contributed by atoms with Crippen molar-refractivity contribution >= 4 is 23.0 Å². The van der Waals surface area contributed by atoms with Crippen molar-refractivity contribution in [3.63, 3.8) is 0 Å². The van der Waals surface area contributed by atoms with E-state index >= 15 is 0 Å². The molecule has 0 aromatic heterocycles. The Balaban J connectivity index is 1.96. The van der Waals surface area contributed by atoms with E-state index in [2.05, 4.69) is 29.6 Å². The second-order valence-corrected chi connectivity index (χ2v) is 5.97. The summed E-state index contributed by atoms with van der Waals surface area (Å²) in [5.74, 6) is -0.225. The van der Waals surface area contributed by atoms with E-state index in [4.69, 9.17) is 12.2 Å². The van der Waals surface area contributed by atoms with Gasteiger partial charge in [-0.05, 0) is 63.5 Å². The van der Waals surface area contributed by atoms with Gasteiger partial charge in [0.25, 0.3) is 0 Å². The SMILES string of the molecule is Cc1ccc(NC(=S)NN2C(C)CCCC2C)cc1F. The topological polar surface area (TPSA) is 27.3 Å². The zero-order valence-corrected chi connectivity index (χ0v) is 13.1. The average Bonchev–Trinajstić information content (AvgIpc) is 2.38. The second-order valence-electron chi connectivity index (χ2n) is 5.57. The predicted octanol–water partition coefficient (Wildman–Crippen LogP) is 3.60. The zero-order valence-electron chi connectivity index (χ0n) is 12.2. The maximum atomic E-state index is 13.5. The summed E-state index contributed by atoms with van der Waals surface area (Å²) in [5, 5.41) is 5.73. The minimum Gasteiger partial charge on any atom is -0.332 e. The number of nitrogens with one attached hydrogen (secondary N) is 2. The van der Waals surface area contributed by atoms with E-state index in [9.17, 15) is 4.39 Å². The van der Waals surface area contributed by atoms with Gasteiger partial charge in [0.2, 0.25) is 0 Å². The van der Waals surface area contributed by atoms with Crippen LogP contribution in [0.25, 0.3) is 0 Å². The van der Waals surface area contributed by atoms with Crippen molar-refractivity contribution in [1.29, 1.82) is 0 Å². The van der Waals surface area contributed by atoms with Crippen LogP contribution in [0.1, 0.15) is 38.7 Å². The largest absolute Gasteiger partial charge is 0.332 e. The van der Waals surface area contributed by atoms with E-state index in [1.165, 1.54) is 25.3 Å². The third-order valence-corrected chi connectivity index (χ3v) is 4.05. The molecule has 0 bridgehead atoms. The zero-order chi connectivity index (χ0) is 14.7. The quantitative estimate of drug-likeness (QED) is 0.815. The van der Waals surface area contributed by atoms with E-state index in [0.717, 1.165) is 0 Å². The van der Waals surface area contributed by atoms with Crippen LogP contribution in [0, 0.1) is 12.7 Å². The number of aryl methyl sites for hydroxylation is 1. The molecule has 1 heterocycles. The molecule has 1 aliphatic heterocycles. The lowest BCUT2D eigenvalue weighted by atomic mass is 10.00. The average molecular weight is 295 g/mol. The lowest BCUT2D eigenvalue weighted by Crippen LogP contribution is -2.55. The fourth-order valence-corrected chi connectivity index (χ4v) is 2.81. The van der Waals surface area contributed by atoms with Gasteiger partial charge in [-0.2, -0.15) is 0 Å². The number of hydrogen-bond acceptors (Lipinski definition) is 2. The van der Waals surface area contributed by atoms with Crippen molar-refractivity contribution in [2.45, 2.75) is 52.1 Å². The summed E-state index contributed by atoms with van der Waals surface area (Å²) >= 11 is 5.31. The Morgan fingerprint density at radius 2 is 1.95 bits per heavy atom. The first-order valence-electron chi connectivity index (χ1n) is 7.09. The molecule has 0 amide bonds. The normalized spacial score (nSPS) is 23.4. The van der Waals surface area contributed by atoms with Crippen molar-refractivity contribution in [2.24, 2.45) is 0 Å². The lowest BCUT2D eigenvalue weighted by Gasteiger charge is -2.39.